The first-order valence-electron chi connectivity index (χ1n) is 5.61. The van der Waals surface area contributed by atoms with E-state index in [9.17, 15) is 5.11 Å². The molecule has 0 aliphatic carbocycles. The summed E-state index contributed by atoms with van der Waals surface area (Å²) in [7, 11) is 0. The summed E-state index contributed by atoms with van der Waals surface area (Å²) in [5.74, 6) is 0. The van der Waals surface area contributed by atoms with Crippen molar-refractivity contribution >= 4 is 0 Å². The van der Waals surface area contributed by atoms with Gasteiger partial charge in [-0.05, 0) is 51.0 Å². The van der Waals surface area contributed by atoms with Crippen LogP contribution in [0, 0.1) is 13.8 Å². The van der Waals surface area contributed by atoms with Gasteiger partial charge in [0.05, 0.1) is 11.9 Å². The van der Waals surface area contributed by atoms with E-state index in [2.05, 4.69) is 36.3 Å². The smallest absolute Gasteiger partial charge is 0.114 e. The van der Waals surface area contributed by atoms with E-state index in [0.29, 0.717) is 5.69 Å². The Hall–Kier alpha value is -1.68. The van der Waals surface area contributed by atoms with Gasteiger partial charge in [0.15, 0.2) is 0 Å². The van der Waals surface area contributed by atoms with E-state index in [1.807, 2.05) is 6.07 Å². The van der Waals surface area contributed by atoms with Gasteiger partial charge >= 0.3 is 0 Å². The maximum Gasteiger partial charge on any atom is 0.114 e. The van der Waals surface area contributed by atoms with Crippen molar-refractivity contribution < 1.29 is 5.11 Å². The van der Waals surface area contributed by atoms with Crippen molar-refractivity contribution in [1.29, 1.82) is 0 Å². The summed E-state index contributed by atoms with van der Waals surface area (Å²) in [5.41, 5.74) is 3.02. The average molecular weight is 231 g/mol. The zero-order chi connectivity index (χ0) is 12.6. The average Bonchev–Trinajstić information content (AvgIpc) is 2.70. The molecule has 0 unspecified atom stereocenters. The van der Waals surface area contributed by atoms with E-state index < -0.39 is 5.60 Å². The summed E-state index contributed by atoms with van der Waals surface area (Å²) in [5, 5.41) is 17.8. The highest BCUT2D eigenvalue weighted by atomic mass is 16.3. The minimum absolute atomic E-state index is 0.565. The molecule has 0 bridgehead atoms. The second-order valence-corrected chi connectivity index (χ2v) is 4.88. The van der Waals surface area contributed by atoms with Gasteiger partial charge in [0.1, 0.15) is 11.3 Å². The maximum atomic E-state index is 9.83. The van der Waals surface area contributed by atoms with Crippen LogP contribution in [0.15, 0.2) is 24.4 Å². The minimum atomic E-state index is -0.960. The number of hydrogen-bond donors (Lipinski definition) is 1. The largest absolute Gasteiger partial charge is 0.384 e. The Morgan fingerprint density at radius 1 is 1.18 bits per heavy atom. The van der Waals surface area contributed by atoms with Crippen LogP contribution >= 0.6 is 0 Å². The zero-order valence-corrected chi connectivity index (χ0v) is 10.6. The first-order chi connectivity index (χ1) is 7.88. The molecule has 0 aliphatic rings. The molecule has 0 spiro atoms. The fourth-order valence-electron chi connectivity index (χ4n) is 1.54. The van der Waals surface area contributed by atoms with Gasteiger partial charge in [-0.3, -0.25) is 0 Å². The Bertz CT molecular complexity index is 538. The standard InChI is InChI=1S/C13H17N3O/c1-9-5-6-11(7-10(9)2)16-8-12(14-15-16)13(3,4)17/h5-8,17H,1-4H3. The van der Waals surface area contributed by atoms with Crippen LogP contribution in [0.1, 0.15) is 30.7 Å². The molecule has 4 nitrogen and oxygen atoms in total. The number of rotatable bonds is 2. The highest BCUT2D eigenvalue weighted by Crippen LogP contribution is 2.18. The molecular formula is C13H17N3O. The third-order valence-electron chi connectivity index (χ3n) is 2.88. The van der Waals surface area contributed by atoms with Crippen LogP contribution in [0.25, 0.3) is 5.69 Å². The lowest BCUT2D eigenvalue weighted by molar-refractivity contribution is 0.0737. The van der Waals surface area contributed by atoms with Crippen LogP contribution in [0.3, 0.4) is 0 Å². The van der Waals surface area contributed by atoms with Gasteiger partial charge in [0.25, 0.3) is 0 Å². The second kappa shape index (κ2) is 3.96. The van der Waals surface area contributed by atoms with Gasteiger partial charge < -0.3 is 5.11 Å². The Kier molecular flexibility index (Phi) is 2.75. The molecule has 2 aromatic rings. The summed E-state index contributed by atoms with van der Waals surface area (Å²) in [6.07, 6.45) is 1.75. The summed E-state index contributed by atoms with van der Waals surface area (Å²) in [4.78, 5) is 0. The Morgan fingerprint density at radius 3 is 2.41 bits per heavy atom. The van der Waals surface area contributed by atoms with Crippen molar-refractivity contribution in [2.45, 2.75) is 33.3 Å². The lowest BCUT2D eigenvalue weighted by Gasteiger charge is -2.11. The number of aryl methyl sites for hydroxylation is 2. The molecule has 1 N–H and O–H groups in total. The Labute approximate surface area is 101 Å². The molecule has 0 amide bonds. The van der Waals surface area contributed by atoms with Crippen molar-refractivity contribution in [1.82, 2.24) is 15.0 Å². The molecule has 0 saturated carbocycles. The topological polar surface area (TPSA) is 50.9 Å². The molecule has 4 heteroatoms. The number of hydrogen-bond acceptors (Lipinski definition) is 3. The number of aromatic nitrogens is 3. The third kappa shape index (κ3) is 2.36. The molecule has 90 valence electrons. The zero-order valence-electron chi connectivity index (χ0n) is 10.6. The molecule has 0 fully saturated rings. The van der Waals surface area contributed by atoms with Gasteiger partial charge in [-0.1, -0.05) is 11.3 Å². The monoisotopic (exact) mass is 231 g/mol. The third-order valence-corrected chi connectivity index (χ3v) is 2.88. The van der Waals surface area contributed by atoms with E-state index in [0.717, 1.165) is 5.69 Å². The molecule has 2 rings (SSSR count). The lowest BCUT2D eigenvalue weighted by atomic mass is 10.1. The van der Waals surface area contributed by atoms with Gasteiger partial charge in [0.2, 0.25) is 0 Å². The van der Waals surface area contributed by atoms with Crippen LogP contribution < -0.4 is 0 Å². The van der Waals surface area contributed by atoms with E-state index in [4.69, 9.17) is 0 Å². The maximum absolute atomic E-state index is 9.83. The quantitative estimate of drug-likeness (QED) is 0.861. The summed E-state index contributed by atoms with van der Waals surface area (Å²) >= 11 is 0. The van der Waals surface area contributed by atoms with Gasteiger partial charge in [-0.25, -0.2) is 4.68 Å². The first kappa shape index (κ1) is 11.8. The number of benzene rings is 1. The highest BCUT2D eigenvalue weighted by molar-refractivity contribution is 5.39. The molecule has 0 saturated heterocycles. The molecule has 17 heavy (non-hydrogen) atoms. The van der Waals surface area contributed by atoms with Crippen LogP contribution in [-0.2, 0) is 5.60 Å². The second-order valence-electron chi connectivity index (χ2n) is 4.88. The van der Waals surface area contributed by atoms with E-state index in [1.54, 1.807) is 24.7 Å². The molecule has 1 aromatic carbocycles. The fraction of sp³-hybridized carbons (Fsp3) is 0.385. The van der Waals surface area contributed by atoms with E-state index >= 15 is 0 Å². The van der Waals surface area contributed by atoms with Gasteiger partial charge in [0, 0.05) is 0 Å². The molecule has 0 radical (unpaired) electrons. The van der Waals surface area contributed by atoms with Crippen molar-refractivity contribution in [3.05, 3.63) is 41.2 Å². The fourth-order valence-corrected chi connectivity index (χ4v) is 1.54. The predicted molar refractivity (Wildman–Crippen MR) is 66.1 cm³/mol. The molecule has 0 aliphatic heterocycles. The van der Waals surface area contributed by atoms with Crippen LogP contribution in [0.2, 0.25) is 0 Å². The summed E-state index contributed by atoms with van der Waals surface area (Å²) < 4.78 is 1.68. The summed E-state index contributed by atoms with van der Waals surface area (Å²) in [6, 6.07) is 6.10. The van der Waals surface area contributed by atoms with E-state index in [-0.39, 0.29) is 0 Å². The molecule has 1 aromatic heterocycles. The number of nitrogens with zero attached hydrogens (tertiary/aromatic N) is 3. The Morgan fingerprint density at radius 2 is 1.88 bits per heavy atom. The van der Waals surface area contributed by atoms with Crippen LogP contribution in [0.4, 0.5) is 0 Å². The lowest BCUT2D eigenvalue weighted by Crippen LogP contribution is -2.15. The minimum Gasteiger partial charge on any atom is -0.384 e. The molecular weight excluding hydrogens is 214 g/mol. The van der Waals surface area contributed by atoms with Crippen LogP contribution in [-0.4, -0.2) is 20.1 Å². The van der Waals surface area contributed by atoms with Crippen molar-refractivity contribution in [2.75, 3.05) is 0 Å². The first-order valence-corrected chi connectivity index (χ1v) is 5.61. The predicted octanol–water partition coefficient (Wildman–Crippen LogP) is 2.11. The summed E-state index contributed by atoms with van der Waals surface area (Å²) in [6.45, 7) is 7.53. The SMILES string of the molecule is Cc1ccc(-n2cc(C(C)(C)O)nn2)cc1C. The van der Waals surface area contributed by atoms with E-state index in [1.165, 1.54) is 11.1 Å². The van der Waals surface area contributed by atoms with Crippen molar-refractivity contribution in [3.8, 4) is 5.69 Å². The van der Waals surface area contributed by atoms with Crippen molar-refractivity contribution in [2.24, 2.45) is 0 Å². The van der Waals surface area contributed by atoms with Gasteiger partial charge in [-0.15, -0.1) is 5.10 Å². The highest BCUT2D eigenvalue weighted by Gasteiger charge is 2.20. The van der Waals surface area contributed by atoms with Crippen LogP contribution in [0.5, 0.6) is 0 Å². The number of aliphatic hydroxyl groups is 1. The normalized spacial score (nSPS) is 11.8. The molecule has 0 atom stereocenters. The Balaban J connectivity index is 2.40. The van der Waals surface area contributed by atoms with Crippen molar-refractivity contribution in [3.63, 3.8) is 0 Å². The molecule has 1 heterocycles. The van der Waals surface area contributed by atoms with Gasteiger partial charge in [-0.2, -0.15) is 0 Å².